The van der Waals surface area contributed by atoms with Gasteiger partial charge < -0.3 is 20.5 Å². The number of aromatic nitrogens is 1. The zero-order valence-electron chi connectivity index (χ0n) is 11.4. The smallest absolute Gasteiger partial charge is 0.315 e. The molecule has 1 rings (SSSR count). The molecule has 0 unspecified atom stereocenters. The first kappa shape index (κ1) is 15.7. The lowest BCUT2D eigenvalue weighted by Gasteiger charge is -2.10. The van der Waals surface area contributed by atoms with Crippen molar-refractivity contribution >= 4 is 12.0 Å². The summed E-state index contributed by atoms with van der Waals surface area (Å²) in [7, 11) is 0. The largest absolute Gasteiger partial charge is 0.481 e. The second kappa shape index (κ2) is 8.73. The van der Waals surface area contributed by atoms with Crippen molar-refractivity contribution in [1.29, 1.82) is 0 Å². The van der Waals surface area contributed by atoms with Crippen LogP contribution >= 0.6 is 0 Å². The molecule has 0 aliphatic heterocycles. The number of hydrogen-bond donors (Lipinski definition) is 3. The summed E-state index contributed by atoms with van der Waals surface area (Å²) in [5, 5.41) is 13.5. The van der Waals surface area contributed by atoms with E-state index in [0.29, 0.717) is 12.5 Å². The van der Waals surface area contributed by atoms with Crippen molar-refractivity contribution < 1.29 is 19.4 Å². The molecule has 20 heavy (non-hydrogen) atoms. The molecule has 7 nitrogen and oxygen atoms in total. The van der Waals surface area contributed by atoms with Gasteiger partial charge in [0.1, 0.15) is 0 Å². The molecule has 0 aromatic carbocycles. The first-order valence-corrected chi connectivity index (χ1v) is 6.43. The second-order valence-electron chi connectivity index (χ2n) is 4.07. The molecule has 1 heterocycles. The van der Waals surface area contributed by atoms with Crippen LogP contribution < -0.4 is 15.4 Å². The Hall–Kier alpha value is -2.31. The molecule has 0 spiro atoms. The number of carboxylic acid groups (broad SMARTS) is 1. The molecule has 7 heteroatoms. The van der Waals surface area contributed by atoms with Gasteiger partial charge in [0.2, 0.25) is 5.88 Å². The van der Waals surface area contributed by atoms with Crippen molar-refractivity contribution in [2.24, 2.45) is 0 Å². The average Bonchev–Trinajstić information content (AvgIpc) is 2.43. The summed E-state index contributed by atoms with van der Waals surface area (Å²) < 4.78 is 5.47. The molecule has 0 saturated carbocycles. The lowest BCUT2D eigenvalue weighted by Crippen LogP contribution is -2.36. The number of rotatable bonds is 8. The Kier molecular flexibility index (Phi) is 6.88. The molecule has 110 valence electrons. The van der Waals surface area contributed by atoms with E-state index in [-0.39, 0.29) is 19.5 Å². The monoisotopic (exact) mass is 281 g/mol. The highest BCUT2D eigenvalue weighted by Gasteiger charge is 2.07. The van der Waals surface area contributed by atoms with Crippen LogP contribution in [0.3, 0.4) is 0 Å². The highest BCUT2D eigenvalue weighted by atomic mass is 16.5. The summed E-state index contributed by atoms with van der Waals surface area (Å²) in [6.07, 6.45) is 2.39. The zero-order chi connectivity index (χ0) is 14.8. The quantitative estimate of drug-likeness (QED) is 0.663. The number of urea groups is 1. The first-order chi connectivity index (χ1) is 9.63. The lowest BCUT2D eigenvalue weighted by atomic mass is 10.2. The van der Waals surface area contributed by atoms with Crippen LogP contribution in [0.15, 0.2) is 18.3 Å². The van der Waals surface area contributed by atoms with Gasteiger partial charge in [-0.1, -0.05) is 13.0 Å². The Morgan fingerprint density at radius 1 is 1.40 bits per heavy atom. The molecule has 0 fully saturated rings. The van der Waals surface area contributed by atoms with E-state index >= 15 is 0 Å². The number of ether oxygens (including phenoxy) is 1. The normalized spacial score (nSPS) is 9.85. The minimum Gasteiger partial charge on any atom is -0.481 e. The van der Waals surface area contributed by atoms with E-state index in [2.05, 4.69) is 15.6 Å². The van der Waals surface area contributed by atoms with Gasteiger partial charge in [0.15, 0.2) is 0 Å². The van der Waals surface area contributed by atoms with Gasteiger partial charge in [-0.05, 0) is 12.5 Å². The number of carbonyl (C=O) groups is 2. The highest BCUT2D eigenvalue weighted by Crippen LogP contribution is 2.13. The van der Waals surface area contributed by atoms with Gasteiger partial charge in [0, 0.05) is 24.8 Å². The van der Waals surface area contributed by atoms with Crippen molar-refractivity contribution in [3.8, 4) is 5.88 Å². The fraction of sp³-hybridized carbons (Fsp3) is 0.462. The molecule has 0 bridgehead atoms. The van der Waals surface area contributed by atoms with Crippen molar-refractivity contribution in [3.63, 3.8) is 0 Å². The number of carbonyl (C=O) groups excluding carboxylic acids is 1. The molecule has 3 N–H and O–H groups in total. The molecule has 0 radical (unpaired) electrons. The minimum atomic E-state index is -0.951. The van der Waals surface area contributed by atoms with Gasteiger partial charge in [-0.3, -0.25) is 4.79 Å². The third kappa shape index (κ3) is 6.03. The number of amides is 2. The van der Waals surface area contributed by atoms with E-state index in [9.17, 15) is 9.59 Å². The van der Waals surface area contributed by atoms with E-state index in [0.717, 1.165) is 12.0 Å². The van der Waals surface area contributed by atoms with Gasteiger partial charge in [-0.2, -0.15) is 0 Å². The van der Waals surface area contributed by atoms with Crippen LogP contribution in [0, 0.1) is 0 Å². The molecular formula is C13H19N3O4. The molecule has 1 aromatic rings. The third-order valence-electron chi connectivity index (χ3n) is 2.36. The molecular weight excluding hydrogens is 262 g/mol. The van der Waals surface area contributed by atoms with E-state index in [1.54, 1.807) is 12.3 Å². The van der Waals surface area contributed by atoms with Crippen LogP contribution in [0.2, 0.25) is 0 Å². The Morgan fingerprint density at radius 3 is 2.90 bits per heavy atom. The predicted octanol–water partition coefficient (Wildman–Crippen LogP) is 1.14. The summed E-state index contributed by atoms with van der Waals surface area (Å²) in [4.78, 5) is 25.9. The average molecular weight is 281 g/mol. The van der Waals surface area contributed by atoms with Crippen LogP contribution in [-0.4, -0.2) is 35.2 Å². The van der Waals surface area contributed by atoms with Crippen LogP contribution in [0.25, 0.3) is 0 Å². The molecule has 0 aliphatic rings. The zero-order valence-corrected chi connectivity index (χ0v) is 11.4. The maximum absolute atomic E-state index is 11.4. The second-order valence-corrected chi connectivity index (χ2v) is 4.07. The number of hydrogen-bond acceptors (Lipinski definition) is 4. The van der Waals surface area contributed by atoms with Gasteiger partial charge >= 0.3 is 12.0 Å². The summed E-state index contributed by atoms with van der Waals surface area (Å²) in [5.41, 5.74) is 0.773. The van der Waals surface area contributed by atoms with Gasteiger partial charge in [-0.25, -0.2) is 9.78 Å². The summed E-state index contributed by atoms with van der Waals surface area (Å²) in [6.45, 7) is 2.92. The van der Waals surface area contributed by atoms with E-state index in [1.807, 2.05) is 13.0 Å². The van der Waals surface area contributed by atoms with Crippen LogP contribution in [0.1, 0.15) is 25.3 Å². The van der Waals surface area contributed by atoms with Gasteiger partial charge in [-0.15, -0.1) is 0 Å². The lowest BCUT2D eigenvalue weighted by molar-refractivity contribution is -0.136. The SMILES string of the molecule is CCCOc1ncccc1CNC(=O)NCCC(=O)O. The summed E-state index contributed by atoms with van der Waals surface area (Å²) in [5.74, 6) is -0.451. The number of nitrogens with one attached hydrogen (secondary N) is 2. The van der Waals surface area contributed by atoms with E-state index in [4.69, 9.17) is 9.84 Å². The predicted molar refractivity (Wildman–Crippen MR) is 72.5 cm³/mol. The molecule has 0 aliphatic carbocycles. The Bertz CT molecular complexity index is 451. The van der Waals surface area contributed by atoms with Crippen LogP contribution in [0.4, 0.5) is 4.79 Å². The van der Waals surface area contributed by atoms with E-state index in [1.165, 1.54) is 0 Å². The Balaban J connectivity index is 2.40. The van der Waals surface area contributed by atoms with Crippen molar-refractivity contribution in [2.75, 3.05) is 13.2 Å². The summed E-state index contributed by atoms with van der Waals surface area (Å²) in [6, 6.07) is 3.16. The topological polar surface area (TPSA) is 101 Å². The fourth-order valence-corrected chi connectivity index (χ4v) is 1.41. The Morgan fingerprint density at radius 2 is 2.20 bits per heavy atom. The van der Waals surface area contributed by atoms with Gasteiger partial charge in [0.05, 0.1) is 13.0 Å². The van der Waals surface area contributed by atoms with Crippen molar-refractivity contribution in [3.05, 3.63) is 23.9 Å². The molecule has 1 aromatic heterocycles. The fourth-order valence-electron chi connectivity index (χ4n) is 1.41. The Labute approximate surface area is 117 Å². The minimum absolute atomic E-state index is 0.0907. The summed E-state index contributed by atoms with van der Waals surface area (Å²) >= 11 is 0. The van der Waals surface area contributed by atoms with Crippen LogP contribution in [0.5, 0.6) is 5.88 Å². The van der Waals surface area contributed by atoms with Crippen LogP contribution in [-0.2, 0) is 11.3 Å². The third-order valence-corrected chi connectivity index (χ3v) is 2.36. The van der Waals surface area contributed by atoms with E-state index < -0.39 is 12.0 Å². The highest BCUT2D eigenvalue weighted by molar-refractivity contribution is 5.75. The maximum atomic E-state index is 11.4. The first-order valence-electron chi connectivity index (χ1n) is 6.43. The van der Waals surface area contributed by atoms with Crippen molar-refractivity contribution in [2.45, 2.75) is 26.3 Å². The number of pyridine rings is 1. The molecule has 2 amide bonds. The molecule has 0 saturated heterocycles. The standard InChI is InChI=1S/C13H19N3O4/c1-2-8-20-12-10(4-3-6-14-12)9-16-13(19)15-7-5-11(17)18/h3-4,6H,2,5,7-9H2,1H3,(H,17,18)(H2,15,16,19). The number of aliphatic carboxylic acids is 1. The van der Waals surface area contributed by atoms with Crippen molar-refractivity contribution in [1.82, 2.24) is 15.6 Å². The number of carboxylic acids is 1. The number of nitrogens with zero attached hydrogens (tertiary/aromatic N) is 1. The molecule has 0 atom stereocenters. The maximum Gasteiger partial charge on any atom is 0.315 e. The van der Waals surface area contributed by atoms with Gasteiger partial charge in [0.25, 0.3) is 0 Å².